The third kappa shape index (κ3) is 7.91. The van der Waals surface area contributed by atoms with Crippen LogP contribution in [0.3, 0.4) is 0 Å². The highest BCUT2D eigenvalue weighted by Gasteiger charge is 2.43. The van der Waals surface area contributed by atoms with E-state index in [4.69, 9.17) is 0 Å². The lowest BCUT2D eigenvalue weighted by Crippen LogP contribution is -2.57. The number of benzene rings is 2. The maximum absolute atomic E-state index is 14.0. The number of hydrogen-bond donors (Lipinski definition) is 3. The number of nitrogens with one attached hydrogen (secondary N) is 3. The Bertz CT molecular complexity index is 1290. The Kier molecular flexibility index (Phi) is 11.2. The molecule has 2 amide bonds. The number of carbonyl (C=O) groups excluding carboxylic acids is 2. The van der Waals surface area contributed by atoms with E-state index in [0.717, 1.165) is 54.9 Å². The average molecular weight is 616 g/mol. The number of piperidine rings is 2. The van der Waals surface area contributed by atoms with Crippen LogP contribution in [-0.4, -0.2) is 69.6 Å². The van der Waals surface area contributed by atoms with Crippen molar-refractivity contribution in [1.29, 1.82) is 0 Å². The molecule has 45 heavy (non-hydrogen) atoms. The number of carbonyl (C=O) groups is 2. The van der Waals surface area contributed by atoms with Gasteiger partial charge in [0.15, 0.2) is 0 Å². The molecule has 0 spiro atoms. The lowest BCUT2D eigenvalue weighted by molar-refractivity contribution is -0.132. The molecule has 2 aromatic carbocycles. The van der Waals surface area contributed by atoms with Crippen LogP contribution in [0.15, 0.2) is 36.4 Å². The van der Waals surface area contributed by atoms with Crippen molar-refractivity contribution < 1.29 is 9.59 Å². The summed E-state index contributed by atoms with van der Waals surface area (Å²) in [5.74, 6) is 1.09. The molecule has 3 fully saturated rings. The van der Waals surface area contributed by atoms with Crippen LogP contribution in [-0.2, 0) is 11.3 Å². The monoisotopic (exact) mass is 615 g/mol. The van der Waals surface area contributed by atoms with Crippen LogP contribution in [0.25, 0.3) is 11.1 Å². The lowest BCUT2D eigenvalue weighted by Gasteiger charge is -2.44. The molecule has 3 aliphatic rings. The molecule has 0 aromatic heterocycles. The normalized spacial score (nSPS) is 25.1. The molecule has 4 unspecified atom stereocenters. The molecule has 0 bridgehead atoms. The fourth-order valence-corrected chi connectivity index (χ4v) is 8.53. The Morgan fingerprint density at radius 3 is 2.22 bits per heavy atom. The minimum absolute atomic E-state index is 0.0785. The highest BCUT2D eigenvalue weighted by Crippen LogP contribution is 2.40. The maximum atomic E-state index is 14.0. The molecule has 2 aliphatic heterocycles. The van der Waals surface area contributed by atoms with Crippen LogP contribution in [0, 0.1) is 30.6 Å². The molecule has 246 valence electrons. The van der Waals surface area contributed by atoms with Crippen LogP contribution < -0.4 is 20.9 Å². The van der Waals surface area contributed by atoms with E-state index in [1.807, 2.05) is 6.07 Å². The first-order valence-corrected chi connectivity index (χ1v) is 17.5. The third-order valence-electron chi connectivity index (χ3n) is 11.1. The molecule has 1 aliphatic carbocycles. The second kappa shape index (κ2) is 15.1. The zero-order chi connectivity index (χ0) is 32.1. The summed E-state index contributed by atoms with van der Waals surface area (Å²) in [5, 5.41) is 10.0. The summed E-state index contributed by atoms with van der Waals surface area (Å²) in [7, 11) is 6.33. The molecule has 5 rings (SSSR count). The van der Waals surface area contributed by atoms with Gasteiger partial charge in [0.25, 0.3) is 5.91 Å². The predicted octanol–water partition coefficient (Wildman–Crippen LogP) is 6.00. The Labute approximate surface area is 271 Å². The van der Waals surface area contributed by atoms with Gasteiger partial charge in [-0.3, -0.25) is 9.59 Å². The zero-order valence-corrected chi connectivity index (χ0v) is 28.6. The Balaban J connectivity index is 1.39. The van der Waals surface area contributed by atoms with Gasteiger partial charge in [0.2, 0.25) is 5.91 Å². The van der Waals surface area contributed by atoms with Crippen molar-refractivity contribution >= 4 is 17.5 Å². The Morgan fingerprint density at radius 1 is 0.911 bits per heavy atom. The van der Waals surface area contributed by atoms with Gasteiger partial charge in [0.1, 0.15) is 0 Å². The molecule has 7 nitrogen and oxygen atoms in total. The van der Waals surface area contributed by atoms with E-state index in [2.05, 4.69) is 98.0 Å². The Hall–Kier alpha value is -2.90. The molecule has 2 aromatic rings. The summed E-state index contributed by atoms with van der Waals surface area (Å²) in [5.41, 5.74) is 6.20. The number of rotatable bonds is 9. The first-order valence-electron chi connectivity index (χ1n) is 17.5. The third-order valence-corrected chi connectivity index (χ3v) is 11.1. The van der Waals surface area contributed by atoms with Gasteiger partial charge in [-0.25, -0.2) is 0 Å². The van der Waals surface area contributed by atoms with E-state index < -0.39 is 0 Å². The highest BCUT2D eigenvalue weighted by atomic mass is 16.2. The fraction of sp³-hybridized carbons (Fsp3) is 0.632. The van der Waals surface area contributed by atoms with Crippen molar-refractivity contribution in [3.05, 3.63) is 53.1 Å². The van der Waals surface area contributed by atoms with Gasteiger partial charge >= 0.3 is 0 Å². The highest BCUT2D eigenvalue weighted by molar-refractivity contribution is 5.99. The molecule has 2 heterocycles. The second-order valence-corrected chi connectivity index (χ2v) is 14.5. The van der Waals surface area contributed by atoms with Crippen molar-refractivity contribution in [2.24, 2.45) is 23.7 Å². The van der Waals surface area contributed by atoms with Gasteiger partial charge in [-0.1, -0.05) is 69.7 Å². The van der Waals surface area contributed by atoms with Crippen molar-refractivity contribution in [3.8, 4) is 11.1 Å². The smallest absolute Gasteiger partial charge is 0.251 e. The maximum Gasteiger partial charge on any atom is 0.251 e. The summed E-state index contributed by atoms with van der Waals surface area (Å²) in [6, 6.07) is 13.6. The Morgan fingerprint density at radius 2 is 1.58 bits per heavy atom. The molecule has 2 saturated heterocycles. The van der Waals surface area contributed by atoms with E-state index in [-0.39, 0.29) is 29.7 Å². The zero-order valence-electron chi connectivity index (χ0n) is 28.6. The van der Waals surface area contributed by atoms with Gasteiger partial charge in [0.05, 0.1) is 5.92 Å². The number of hydrogen-bond acceptors (Lipinski definition) is 5. The van der Waals surface area contributed by atoms with Crippen molar-refractivity contribution in [1.82, 2.24) is 20.9 Å². The van der Waals surface area contributed by atoms with Gasteiger partial charge in [-0.05, 0) is 106 Å². The van der Waals surface area contributed by atoms with E-state index in [0.29, 0.717) is 30.0 Å². The topological polar surface area (TPSA) is 76.7 Å². The lowest BCUT2D eigenvalue weighted by atomic mass is 9.67. The van der Waals surface area contributed by atoms with Crippen LogP contribution in [0.2, 0.25) is 0 Å². The average Bonchev–Trinajstić information content (AvgIpc) is 3.30. The minimum atomic E-state index is -0.219. The van der Waals surface area contributed by atoms with E-state index in [9.17, 15) is 9.59 Å². The van der Waals surface area contributed by atoms with Crippen LogP contribution in [0.4, 0.5) is 5.69 Å². The largest absolute Gasteiger partial charge is 0.371 e. The molecule has 7 heteroatoms. The van der Waals surface area contributed by atoms with Crippen LogP contribution >= 0.6 is 0 Å². The molecule has 1 saturated carbocycles. The van der Waals surface area contributed by atoms with Crippen LogP contribution in [0.5, 0.6) is 0 Å². The van der Waals surface area contributed by atoms with Crippen molar-refractivity contribution in [3.63, 3.8) is 0 Å². The summed E-state index contributed by atoms with van der Waals surface area (Å²) in [6.07, 6.45) is 9.90. The molecule has 0 radical (unpaired) electrons. The van der Waals surface area contributed by atoms with Crippen LogP contribution in [0.1, 0.15) is 86.7 Å². The summed E-state index contributed by atoms with van der Waals surface area (Å²) < 4.78 is 0. The van der Waals surface area contributed by atoms with E-state index in [1.165, 1.54) is 44.1 Å². The second-order valence-electron chi connectivity index (χ2n) is 14.5. The quantitative estimate of drug-likeness (QED) is 0.302. The van der Waals surface area contributed by atoms with Gasteiger partial charge in [0, 0.05) is 43.5 Å². The van der Waals surface area contributed by atoms with Gasteiger partial charge in [-0.2, -0.15) is 0 Å². The molecule has 3 N–H and O–H groups in total. The summed E-state index contributed by atoms with van der Waals surface area (Å²) >= 11 is 0. The fourth-order valence-electron chi connectivity index (χ4n) is 8.53. The number of anilines is 1. The first kappa shape index (κ1) is 33.5. The van der Waals surface area contributed by atoms with E-state index >= 15 is 0 Å². The van der Waals surface area contributed by atoms with Crippen molar-refractivity contribution in [2.45, 2.75) is 90.8 Å². The SMILES string of the molecule is Cc1c(C(=O)NCC2C(=O)NC(C)C(C3CCCCCC3)C2C)cc(-c2ccc(CN(C)C)cc2)cc1N(C)C1CCNCC1. The molecular weight excluding hydrogens is 558 g/mol. The summed E-state index contributed by atoms with van der Waals surface area (Å²) in [4.78, 5) is 31.9. The van der Waals surface area contributed by atoms with Gasteiger partial charge < -0.3 is 25.8 Å². The molecular formula is C38H57N5O2. The number of amides is 2. The molecule has 4 atom stereocenters. The number of nitrogens with zero attached hydrogens (tertiary/aromatic N) is 2. The summed E-state index contributed by atoms with van der Waals surface area (Å²) in [6.45, 7) is 9.78. The van der Waals surface area contributed by atoms with Gasteiger partial charge in [-0.15, -0.1) is 0 Å². The predicted molar refractivity (Wildman–Crippen MR) is 186 cm³/mol. The van der Waals surface area contributed by atoms with E-state index in [1.54, 1.807) is 0 Å². The standard InChI is InChI=1S/C38H57N5O2/c1-25-33(37(44)40-23-34-26(2)36(27(3)41-38(34)45)30-11-9-7-8-10-12-30)21-31(29-15-13-28(14-16-29)24-42(4)5)22-35(25)43(6)32-17-19-39-20-18-32/h13-16,21-22,26-27,30,32,34,36,39H,7-12,17-20,23-24H2,1-6H3,(H,40,44)(H,41,45). The van der Waals surface area contributed by atoms with Crippen molar-refractivity contribution in [2.75, 3.05) is 45.7 Å². The first-order chi connectivity index (χ1) is 21.6. The minimum Gasteiger partial charge on any atom is -0.371 e.